The predicted molar refractivity (Wildman–Crippen MR) is 92.9 cm³/mol. The molecule has 0 saturated heterocycles. The number of aliphatic hydroxyl groups is 1. The smallest absolute Gasteiger partial charge is 0.0431 e. The first kappa shape index (κ1) is 16.8. The van der Waals surface area contributed by atoms with Gasteiger partial charge in [-0.2, -0.15) is 0 Å². The molecule has 0 unspecified atom stereocenters. The highest BCUT2D eigenvalue weighted by Crippen LogP contribution is 2.66. The zero-order valence-corrected chi connectivity index (χ0v) is 14.9. The van der Waals surface area contributed by atoms with Crippen LogP contribution < -0.4 is 5.32 Å². The molecule has 4 atom stereocenters. The highest BCUT2D eigenvalue weighted by atomic mass is 16.2. The normalized spacial score (nSPS) is 43.0. The van der Waals surface area contributed by atoms with Gasteiger partial charge < -0.3 is 10.4 Å². The van der Waals surface area contributed by atoms with Crippen LogP contribution in [0.3, 0.4) is 0 Å². The fraction of sp³-hybridized carbons (Fsp3) is 1.00. The average Bonchev–Trinajstić information content (AvgIpc) is 2.37. The Hall–Kier alpha value is -0.0800. The van der Waals surface area contributed by atoms with Crippen LogP contribution in [0.25, 0.3) is 0 Å². The summed E-state index contributed by atoms with van der Waals surface area (Å²) in [5, 5.41) is 12.8. The van der Waals surface area contributed by atoms with Crippen molar-refractivity contribution in [1.29, 1.82) is 0 Å². The molecule has 0 aromatic heterocycles. The molecular formula is C20H37NO. The molecule has 2 nitrogen and oxygen atoms in total. The summed E-state index contributed by atoms with van der Waals surface area (Å²) >= 11 is 0. The van der Waals surface area contributed by atoms with Gasteiger partial charge in [0.05, 0.1) is 0 Å². The first-order valence-electron chi connectivity index (χ1n) is 9.83. The molecule has 0 heterocycles. The van der Waals surface area contributed by atoms with E-state index in [0.29, 0.717) is 23.0 Å². The third kappa shape index (κ3) is 3.70. The largest absolute Gasteiger partial charge is 0.396 e. The zero-order valence-electron chi connectivity index (χ0n) is 14.9. The van der Waals surface area contributed by atoms with Crippen molar-refractivity contribution in [3.8, 4) is 0 Å². The Morgan fingerprint density at radius 3 is 2.00 bits per heavy atom. The van der Waals surface area contributed by atoms with Gasteiger partial charge in [-0.05, 0) is 74.7 Å². The third-order valence-electron chi connectivity index (χ3n) is 6.71. The molecule has 2 N–H and O–H groups in total. The first-order valence-corrected chi connectivity index (χ1v) is 9.83. The molecule has 0 aromatic carbocycles. The quantitative estimate of drug-likeness (QED) is 0.607. The average molecular weight is 308 g/mol. The number of aliphatic hydroxyl groups excluding tert-OH is 1. The summed E-state index contributed by atoms with van der Waals surface area (Å²) in [6.07, 6.45) is 16.3. The maximum Gasteiger partial charge on any atom is 0.0431 e. The lowest BCUT2D eigenvalue weighted by Crippen LogP contribution is -2.64. The van der Waals surface area contributed by atoms with Crippen molar-refractivity contribution >= 4 is 0 Å². The maximum absolute atomic E-state index is 8.79. The van der Waals surface area contributed by atoms with Crippen LogP contribution >= 0.6 is 0 Å². The Balaban J connectivity index is 1.41. The van der Waals surface area contributed by atoms with Crippen LogP contribution in [-0.2, 0) is 0 Å². The van der Waals surface area contributed by atoms with Gasteiger partial charge in [-0.3, -0.25) is 0 Å². The van der Waals surface area contributed by atoms with Crippen molar-refractivity contribution in [3.05, 3.63) is 0 Å². The standard InChI is InChI=1S/C20H37NO/c1-18-11-17-12-19(2,14-18)16-20(13-17,15-18)21-9-7-5-3-4-6-8-10-22/h17,21-22H,3-16H2,1-2H3/t17-,18+,19-,20+. The summed E-state index contributed by atoms with van der Waals surface area (Å²) in [5.74, 6) is 0.997. The number of rotatable bonds is 9. The third-order valence-corrected chi connectivity index (χ3v) is 6.71. The van der Waals surface area contributed by atoms with Crippen molar-refractivity contribution in [3.63, 3.8) is 0 Å². The van der Waals surface area contributed by atoms with Crippen molar-refractivity contribution in [2.45, 2.75) is 96.4 Å². The van der Waals surface area contributed by atoms with Crippen LogP contribution in [0.1, 0.15) is 90.9 Å². The van der Waals surface area contributed by atoms with Gasteiger partial charge in [0.2, 0.25) is 0 Å². The van der Waals surface area contributed by atoms with E-state index in [1.54, 1.807) is 0 Å². The fourth-order valence-electron chi connectivity index (χ4n) is 6.94. The summed E-state index contributed by atoms with van der Waals surface area (Å²) in [5.41, 5.74) is 1.75. The van der Waals surface area contributed by atoms with E-state index in [9.17, 15) is 0 Å². The number of hydrogen-bond donors (Lipinski definition) is 2. The highest BCUT2D eigenvalue weighted by Gasteiger charge is 2.59. The van der Waals surface area contributed by atoms with E-state index in [0.717, 1.165) is 12.3 Å². The Morgan fingerprint density at radius 2 is 1.41 bits per heavy atom. The topological polar surface area (TPSA) is 32.3 Å². The summed E-state index contributed by atoms with van der Waals surface area (Å²) in [4.78, 5) is 0. The van der Waals surface area contributed by atoms with Crippen LogP contribution in [0, 0.1) is 16.7 Å². The molecule has 0 radical (unpaired) electrons. The molecule has 4 fully saturated rings. The van der Waals surface area contributed by atoms with Gasteiger partial charge in [-0.15, -0.1) is 0 Å². The lowest BCUT2D eigenvalue weighted by molar-refractivity contribution is -0.117. The fourth-order valence-corrected chi connectivity index (χ4v) is 6.94. The van der Waals surface area contributed by atoms with Crippen molar-refractivity contribution < 1.29 is 5.11 Å². The molecule has 0 aromatic rings. The van der Waals surface area contributed by atoms with Crippen molar-refractivity contribution in [2.75, 3.05) is 13.2 Å². The molecule has 4 bridgehead atoms. The molecule has 0 amide bonds. The Morgan fingerprint density at radius 1 is 0.818 bits per heavy atom. The highest BCUT2D eigenvalue weighted by molar-refractivity contribution is 5.14. The van der Waals surface area contributed by atoms with Gasteiger partial charge >= 0.3 is 0 Å². The minimum Gasteiger partial charge on any atom is -0.396 e. The lowest BCUT2D eigenvalue weighted by atomic mass is 9.43. The number of nitrogens with one attached hydrogen (secondary N) is 1. The summed E-state index contributed by atoms with van der Waals surface area (Å²) < 4.78 is 0. The predicted octanol–water partition coefficient (Wildman–Crippen LogP) is 4.66. The number of unbranched alkanes of at least 4 members (excludes halogenated alkanes) is 5. The second kappa shape index (κ2) is 6.43. The van der Waals surface area contributed by atoms with Gasteiger partial charge in [-0.1, -0.05) is 39.5 Å². The summed E-state index contributed by atoms with van der Waals surface area (Å²) in [6.45, 7) is 6.71. The Bertz CT molecular complexity index is 362. The second-order valence-corrected chi connectivity index (χ2v) is 9.68. The van der Waals surface area contributed by atoms with E-state index < -0.39 is 0 Å². The first-order chi connectivity index (χ1) is 10.5. The lowest BCUT2D eigenvalue weighted by Gasteiger charge is -2.65. The van der Waals surface area contributed by atoms with E-state index in [1.807, 2.05) is 0 Å². The van der Waals surface area contributed by atoms with Crippen molar-refractivity contribution in [1.82, 2.24) is 5.32 Å². The van der Waals surface area contributed by atoms with Crippen LogP contribution in [0.15, 0.2) is 0 Å². The molecular weight excluding hydrogens is 270 g/mol. The Kier molecular flexibility index (Phi) is 4.90. The van der Waals surface area contributed by atoms with E-state index in [-0.39, 0.29) is 0 Å². The van der Waals surface area contributed by atoms with Gasteiger partial charge in [0.1, 0.15) is 0 Å². The van der Waals surface area contributed by atoms with Crippen LogP contribution in [-0.4, -0.2) is 23.8 Å². The maximum atomic E-state index is 8.79. The minimum absolute atomic E-state index is 0.364. The van der Waals surface area contributed by atoms with E-state index >= 15 is 0 Å². The van der Waals surface area contributed by atoms with Gasteiger partial charge in [0.15, 0.2) is 0 Å². The van der Waals surface area contributed by atoms with Gasteiger partial charge in [-0.25, -0.2) is 0 Å². The van der Waals surface area contributed by atoms with E-state index in [1.165, 1.54) is 77.2 Å². The second-order valence-electron chi connectivity index (χ2n) is 9.68. The molecule has 4 aliphatic rings. The molecule has 4 rings (SSSR count). The van der Waals surface area contributed by atoms with E-state index in [2.05, 4.69) is 19.2 Å². The van der Waals surface area contributed by atoms with E-state index in [4.69, 9.17) is 5.11 Å². The molecule has 4 saturated carbocycles. The molecule has 2 heteroatoms. The molecule has 0 aliphatic heterocycles. The van der Waals surface area contributed by atoms with Gasteiger partial charge in [0, 0.05) is 12.1 Å². The monoisotopic (exact) mass is 307 g/mol. The van der Waals surface area contributed by atoms with Crippen LogP contribution in [0.2, 0.25) is 0 Å². The molecule has 4 aliphatic carbocycles. The Labute approximate surface area is 137 Å². The molecule has 128 valence electrons. The van der Waals surface area contributed by atoms with Crippen molar-refractivity contribution in [2.24, 2.45) is 16.7 Å². The molecule has 22 heavy (non-hydrogen) atoms. The van der Waals surface area contributed by atoms with Crippen LogP contribution in [0.4, 0.5) is 0 Å². The zero-order chi connectivity index (χ0) is 15.7. The molecule has 0 spiro atoms. The number of hydrogen-bond acceptors (Lipinski definition) is 2. The van der Waals surface area contributed by atoms with Crippen LogP contribution in [0.5, 0.6) is 0 Å². The summed E-state index contributed by atoms with van der Waals surface area (Å²) in [7, 11) is 0. The minimum atomic E-state index is 0.364. The van der Waals surface area contributed by atoms with Gasteiger partial charge in [0.25, 0.3) is 0 Å². The SMILES string of the molecule is C[C@]12C[C@@H]3C[C@](C)(C1)C[C@](NCCCCCCCCO)(C3)C2. The summed E-state index contributed by atoms with van der Waals surface area (Å²) in [6, 6.07) is 0.